The van der Waals surface area contributed by atoms with Crippen molar-refractivity contribution < 1.29 is 9.90 Å². The highest BCUT2D eigenvalue weighted by Gasteiger charge is 2.23. The average molecular weight is 286 g/mol. The number of carbonyl (C=O) groups excluding carboxylic acids is 1. The van der Waals surface area contributed by atoms with E-state index in [2.05, 4.69) is 11.1 Å². The number of amides is 1. The molecule has 0 radical (unpaired) electrons. The van der Waals surface area contributed by atoms with Crippen molar-refractivity contribution in [3.05, 3.63) is 35.5 Å². The molecule has 1 saturated heterocycles. The highest BCUT2D eigenvalue weighted by molar-refractivity contribution is 5.90. The van der Waals surface area contributed by atoms with Gasteiger partial charge in [0, 0.05) is 36.3 Å². The number of aliphatic hydroxyl groups excluding tert-OH is 1. The summed E-state index contributed by atoms with van der Waals surface area (Å²) in [6.45, 7) is 3.81. The Balaban J connectivity index is 1.73. The van der Waals surface area contributed by atoms with Crippen LogP contribution < -0.4 is 0 Å². The number of carbonyl (C=O) groups is 1. The van der Waals surface area contributed by atoms with Crippen molar-refractivity contribution in [1.29, 1.82) is 0 Å². The molecule has 1 aromatic heterocycles. The molecule has 0 bridgehead atoms. The van der Waals surface area contributed by atoms with Crippen molar-refractivity contribution >= 4 is 16.8 Å². The lowest BCUT2D eigenvalue weighted by Crippen LogP contribution is -2.40. The standard InChI is InChI=1S/C17H22N2O2/c1-12-15(14-4-2-3-5-16(14)18-12)10-17(21)19-8-6-13(11-20)7-9-19/h2-5,13,18,20H,6-11H2,1H3. The molecule has 21 heavy (non-hydrogen) atoms. The fraction of sp³-hybridized carbons (Fsp3) is 0.471. The van der Waals surface area contributed by atoms with Crippen LogP contribution in [-0.4, -0.2) is 40.6 Å². The number of likely N-dealkylation sites (tertiary alicyclic amines) is 1. The molecule has 4 nitrogen and oxygen atoms in total. The smallest absolute Gasteiger partial charge is 0.227 e. The van der Waals surface area contributed by atoms with Gasteiger partial charge in [0.05, 0.1) is 6.42 Å². The zero-order chi connectivity index (χ0) is 14.8. The largest absolute Gasteiger partial charge is 0.396 e. The van der Waals surface area contributed by atoms with Crippen LogP contribution in [0.2, 0.25) is 0 Å². The Morgan fingerprint density at radius 1 is 1.33 bits per heavy atom. The molecule has 1 amide bonds. The fourth-order valence-electron chi connectivity index (χ4n) is 3.19. The van der Waals surface area contributed by atoms with Crippen molar-refractivity contribution in [2.24, 2.45) is 5.92 Å². The van der Waals surface area contributed by atoms with Gasteiger partial charge in [-0.15, -0.1) is 0 Å². The van der Waals surface area contributed by atoms with Crippen LogP contribution in [0.15, 0.2) is 24.3 Å². The number of benzene rings is 1. The monoisotopic (exact) mass is 286 g/mol. The summed E-state index contributed by atoms with van der Waals surface area (Å²) in [5.41, 5.74) is 3.28. The quantitative estimate of drug-likeness (QED) is 0.909. The van der Waals surface area contributed by atoms with Crippen molar-refractivity contribution in [2.75, 3.05) is 19.7 Å². The zero-order valence-corrected chi connectivity index (χ0v) is 12.4. The first-order valence-corrected chi connectivity index (χ1v) is 7.64. The molecule has 2 heterocycles. The Morgan fingerprint density at radius 3 is 2.76 bits per heavy atom. The van der Waals surface area contributed by atoms with Gasteiger partial charge < -0.3 is 15.0 Å². The number of hydrogen-bond acceptors (Lipinski definition) is 2. The molecule has 2 N–H and O–H groups in total. The first-order chi connectivity index (χ1) is 10.2. The van der Waals surface area contributed by atoms with Gasteiger partial charge in [-0.25, -0.2) is 0 Å². The predicted molar refractivity (Wildman–Crippen MR) is 83.1 cm³/mol. The number of aliphatic hydroxyl groups is 1. The van der Waals surface area contributed by atoms with Crippen LogP contribution in [0.3, 0.4) is 0 Å². The van der Waals surface area contributed by atoms with E-state index in [4.69, 9.17) is 0 Å². The fourth-order valence-corrected chi connectivity index (χ4v) is 3.19. The number of aromatic nitrogens is 1. The van der Waals surface area contributed by atoms with Gasteiger partial charge in [0.15, 0.2) is 0 Å². The number of hydrogen-bond donors (Lipinski definition) is 2. The van der Waals surface area contributed by atoms with Gasteiger partial charge >= 0.3 is 0 Å². The van der Waals surface area contributed by atoms with Gasteiger partial charge in [-0.05, 0) is 37.3 Å². The molecule has 1 aliphatic rings. The third kappa shape index (κ3) is 2.81. The van der Waals surface area contributed by atoms with E-state index in [0.29, 0.717) is 12.3 Å². The molecule has 4 heteroatoms. The van der Waals surface area contributed by atoms with E-state index in [1.807, 2.05) is 30.0 Å². The number of piperidine rings is 1. The van der Waals surface area contributed by atoms with Crippen LogP contribution in [-0.2, 0) is 11.2 Å². The summed E-state index contributed by atoms with van der Waals surface area (Å²) in [5.74, 6) is 0.558. The van der Waals surface area contributed by atoms with E-state index < -0.39 is 0 Å². The van der Waals surface area contributed by atoms with E-state index in [0.717, 1.165) is 48.1 Å². The van der Waals surface area contributed by atoms with E-state index in [9.17, 15) is 9.90 Å². The van der Waals surface area contributed by atoms with E-state index in [1.54, 1.807) is 0 Å². The summed E-state index contributed by atoms with van der Waals surface area (Å²) in [4.78, 5) is 17.8. The maximum Gasteiger partial charge on any atom is 0.227 e. The minimum atomic E-state index is 0.194. The van der Waals surface area contributed by atoms with Gasteiger partial charge in [0.1, 0.15) is 0 Å². The van der Waals surface area contributed by atoms with Gasteiger partial charge in [0.2, 0.25) is 5.91 Å². The molecular formula is C17H22N2O2. The Morgan fingerprint density at radius 2 is 2.05 bits per heavy atom. The Bertz CT molecular complexity index is 639. The van der Waals surface area contributed by atoms with Crippen molar-refractivity contribution in [3.8, 4) is 0 Å². The van der Waals surface area contributed by atoms with Gasteiger partial charge in [-0.1, -0.05) is 18.2 Å². The van der Waals surface area contributed by atoms with Crippen LogP contribution in [0.5, 0.6) is 0 Å². The molecule has 112 valence electrons. The van der Waals surface area contributed by atoms with Crippen molar-refractivity contribution in [1.82, 2.24) is 9.88 Å². The topological polar surface area (TPSA) is 56.3 Å². The summed E-state index contributed by atoms with van der Waals surface area (Å²) in [6, 6.07) is 8.13. The lowest BCUT2D eigenvalue weighted by molar-refractivity contribution is -0.132. The van der Waals surface area contributed by atoms with Gasteiger partial charge in [-0.3, -0.25) is 4.79 Å². The van der Waals surface area contributed by atoms with Crippen molar-refractivity contribution in [3.63, 3.8) is 0 Å². The molecular weight excluding hydrogens is 264 g/mol. The molecule has 1 aliphatic heterocycles. The maximum atomic E-state index is 12.5. The number of rotatable bonds is 3. The normalized spacial score (nSPS) is 16.6. The number of nitrogens with zero attached hydrogens (tertiary/aromatic N) is 1. The Hall–Kier alpha value is -1.81. The third-order valence-corrected chi connectivity index (χ3v) is 4.58. The first-order valence-electron chi connectivity index (χ1n) is 7.64. The zero-order valence-electron chi connectivity index (χ0n) is 12.4. The second-order valence-electron chi connectivity index (χ2n) is 5.96. The van der Waals surface area contributed by atoms with Crippen LogP contribution in [0.4, 0.5) is 0 Å². The molecule has 0 unspecified atom stereocenters. The van der Waals surface area contributed by atoms with Crippen molar-refractivity contribution in [2.45, 2.75) is 26.2 Å². The minimum Gasteiger partial charge on any atom is -0.396 e. The SMILES string of the molecule is Cc1[nH]c2ccccc2c1CC(=O)N1CCC(CO)CC1. The number of nitrogens with one attached hydrogen (secondary N) is 1. The predicted octanol–water partition coefficient (Wildman–Crippen LogP) is 2.25. The third-order valence-electron chi connectivity index (χ3n) is 4.58. The maximum absolute atomic E-state index is 12.5. The summed E-state index contributed by atoms with van der Waals surface area (Å²) >= 11 is 0. The average Bonchev–Trinajstić information content (AvgIpc) is 2.83. The van der Waals surface area contributed by atoms with Gasteiger partial charge in [0.25, 0.3) is 0 Å². The van der Waals surface area contributed by atoms with E-state index >= 15 is 0 Å². The number of H-pyrrole nitrogens is 1. The van der Waals surface area contributed by atoms with E-state index in [-0.39, 0.29) is 12.5 Å². The second-order valence-corrected chi connectivity index (χ2v) is 5.96. The molecule has 2 aromatic rings. The second kappa shape index (κ2) is 5.90. The molecule has 0 atom stereocenters. The highest BCUT2D eigenvalue weighted by Crippen LogP contribution is 2.24. The van der Waals surface area contributed by atoms with Crippen LogP contribution >= 0.6 is 0 Å². The number of aromatic amines is 1. The molecule has 1 aromatic carbocycles. The van der Waals surface area contributed by atoms with Crippen LogP contribution in [0.25, 0.3) is 10.9 Å². The molecule has 0 saturated carbocycles. The lowest BCUT2D eigenvalue weighted by atomic mass is 9.97. The minimum absolute atomic E-state index is 0.194. The molecule has 0 aliphatic carbocycles. The number of para-hydroxylation sites is 1. The molecule has 3 rings (SSSR count). The Labute approximate surface area is 124 Å². The molecule has 1 fully saturated rings. The summed E-state index contributed by atoms with van der Waals surface area (Å²) < 4.78 is 0. The lowest BCUT2D eigenvalue weighted by Gasteiger charge is -2.31. The summed E-state index contributed by atoms with van der Waals surface area (Å²) in [5, 5.41) is 10.3. The summed E-state index contributed by atoms with van der Waals surface area (Å²) in [7, 11) is 0. The number of fused-ring (bicyclic) bond motifs is 1. The first kappa shape index (κ1) is 14.1. The Kier molecular flexibility index (Phi) is 3.97. The van der Waals surface area contributed by atoms with E-state index in [1.165, 1.54) is 0 Å². The number of aryl methyl sites for hydroxylation is 1. The summed E-state index contributed by atoms with van der Waals surface area (Å²) in [6.07, 6.45) is 2.28. The molecule has 0 spiro atoms. The highest BCUT2D eigenvalue weighted by atomic mass is 16.3. The van der Waals surface area contributed by atoms with Gasteiger partial charge in [-0.2, -0.15) is 0 Å². The van der Waals surface area contributed by atoms with Crippen LogP contribution in [0.1, 0.15) is 24.1 Å². The van der Waals surface area contributed by atoms with Crippen LogP contribution in [0, 0.1) is 12.8 Å².